The lowest BCUT2D eigenvalue weighted by Crippen LogP contribution is -2.26. The van der Waals surface area contributed by atoms with Gasteiger partial charge < -0.3 is 9.84 Å². The Bertz CT molecular complexity index is 674. The van der Waals surface area contributed by atoms with Crippen molar-refractivity contribution in [2.75, 3.05) is 7.11 Å². The molecule has 1 atom stereocenters. The van der Waals surface area contributed by atoms with Crippen LogP contribution in [0.1, 0.15) is 17.2 Å². The van der Waals surface area contributed by atoms with Gasteiger partial charge in [-0.2, -0.15) is 5.10 Å². The highest BCUT2D eigenvalue weighted by Crippen LogP contribution is 2.19. The zero-order chi connectivity index (χ0) is 15.9. The molecular formula is C16H15ClN2O3. The van der Waals surface area contributed by atoms with Crippen LogP contribution >= 0.6 is 11.6 Å². The van der Waals surface area contributed by atoms with Crippen LogP contribution in [-0.4, -0.2) is 24.3 Å². The van der Waals surface area contributed by atoms with Crippen molar-refractivity contribution in [2.24, 2.45) is 5.10 Å². The van der Waals surface area contributed by atoms with Crippen LogP contribution in [0, 0.1) is 0 Å². The van der Waals surface area contributed by atoms with Gasteiger partial charge >= 0.3 is 0 Å². The number of nitrogens with one attached hydrogen (secondary N) is 1. The fourth-order valence-electron chi connectivity index (χ4n) is 1.88. The van der Waals surface area contributed by atoms with Crippen LogP contribution in [0.25, 0.3) is 0 Å². The second kappa shape index (κ2) is 7.59. The molecule has 0 unspecified atom stereocenters. The molecule has 0 spiro atoms. The van der Waals surface area contributed by atoms with E-state index in [-0.39, 0.29) is 5.75 Å². The molecule has 2 aromatic carbocycles. The second-order valence-corrected chi connectivity index (χ2v) is 4.90. The van der Waals surface area contributed by atoms with Crippen molar-refractivity contribution in [3.8, 4) is 5.75 Å². The molecule has 114 valence electrons. The van der Waals surface area contributed by atoms with Gasteiger partial charge in [-0.05, 0) is 23.8 Å². The summed E-state index contributed by atoms with van der Waals surface area (Å²) in [5, 5.41) is 13.9. The van der Waals surface area contributed by atoms with Crippen LogP contribution < -0.4 is 5.43 Å². The lowest BCUT2D eigenvalue weighted by Gasteiger charge is -2.13. The number of ether oxygens (including phenoxy) is 1. The maximum absolute atomic E-state index is 12.1. The number of phenolic OH excluding ortho intramolecular Hbond substituents is 1. The molecule has 0 aliphatic carbocycles. The average molecular weight is 319 g/mol. The Morgan fingerprint density at radius 3 is 2.73 bits per heavy atom. The third-order valence-electron chi connectivity index (χ3n) is 2.94. The molecule has 0 aliphatic rings. The van der Waals surface area contributed by atoms with Gasteiger partial charge in [-0.3, -0.25) is 4.79 Å². The van der Waals surface area contributed by atoms with Crippen LogP contribution in [0.3, 0.4) is 0 Å². The van der Waals surface area contributed by atoms with Gasteiger partial charge in [0, 0.05) is 17.7 Å². The standard InChI is InChI=1S/C16H15ClN2O3/c1-22-15(11-5-3-2-4-6-11)16(21)19-18-10-12-9-13(17)7-8-14(12)20/h2-10,15,20H,1H3,(H,19,21)/b18-10-/t15-/m0/s1. The van der Waals surface area contributed by atoms with Gasteiger partial charge in [0.2, 0.25) is 0 Å². The third kappa shape index (κ3) is 4.07. The molecule has 0 radical (unpaired) electrons. The molecule has 0 aromatic heterocycles. The number of rotatable bonds is 5. The van der Waals surface area contributed by atoms with Gasteiger partial charge in [-0.1, -0.05) is 41.9 Å². The zero-order valence-electron chi connectivity index (χ0n) is 11.9. The number of aromatic hydroxyl groups is 1. The highest BCUT2D eigenvalue weighted by atomic mass is 35.5. The number of hydrogen-bond donors (Lipinski definition) is 2. The summed E-state index contributed by atoms with van der Waals surface area (Å²) in [7, 11) is 1.45. The van der Waals surface area contributed by atoms with E-state index in [1.807, 2.05) is 18.2 Å². The van der Waals surface area contributed by atoms with Gasteiger partial charge in [0.1, 0.15) is 5.75 Å². The summed E-state index contributed by atoms with van der Waals surface area (Å²) >= 11 is 5.83. The monoisotopic (exact) mass is 318 g/mol. The van der Waals surface area contributed by atoms with E-state index in [4.69, 9.17) is 16.3 Å². The summed E-state index contributed by atoms with van der Waals surface area (Å²) in [6, 6.07) is 13.6. The number of benzene rings is 2. The lowest BCUT2D eigenvalue weighted by molar-refractivity contribution is -0.131. The van der Waals surface area contributed by atoms with E-state index in [9.17, 15) is 9.90 Å². The number of hydrazone groups is 1. The van der Waals surface area contributed by atoms with Crippen LogP contribution in [0.2, 0.25) is 5.02 Å². The van der Waals surface area contributed by atoms with Crippen LogP contribution in [0.4, 0.5) is 0 Å². The number of methoxy groups -OCH3 is 1. The summed E-state index contributed by atoms with van der Waals surface area (Å²) < 4.78 is 5.19. The van der Waals surface area contributed by atoms with Crippen LogP contribution in [-0.2, 0) is 9.53 Å². The molecule has 0 fully saturated rings. The minimum Gasteiger partial charge on any atom is -0.507 e. The van der Waals surface area contributed by atoms with Crippen molar-refractivity contribution in [3.05, 3.63) is 64.7 Å². The number of amides is 1. The first kappa shape index (κ1) is 16.0. The molecule has 22 heavy (non-hydrogen) atoms. The molecule has 0 aliphatic heterocycles. The zero-order valence-corrected chi connectivity index (χ0v) is 12.6. The maximum Gasteiger partial charge on any atom is 0.273 e. The third-order valence-corrected chi connectivity index (χ3v) is 3.18. The normalized spacial score (nSPS) is 12.3. The molecule has 2 aromatic rings. The van der Waals surface area contributed by atoms with E-state index in [1.54, 1.807) is 18.2 Å². The van der Waals surface area contributed by atoms with E-state index < -0.39 is 12.0 Å². The van der Waals surface area contributed by atoms with E-state index >= 15 is 0 Å². The number of halogens is 1. The number of nitrogens with zero attached hydrogens (tertiary/aromatic N) is 1. The quantitative estimate of drug-likeness (QED) is 0.658. The predicted octanol–water partition coefficient (Wildman–Crippen LogP) is 2.88. The molecule has 0 saturated carbocycles. The minimum absolute atomic E-state index is 0.0220. The van der Waals surface area contributed by atoms with Crippen molar-refractivity contribution in [1.29, 1.82) is 0 Å². The molecule has 6 heteroatoms. The summed E-state index contributed by atoms with van der Waals surface area (Å²) in [6.07, 6.45) is 0.558. The van der Waals surface area contributed by atoms with Gasteiger partial charge in [-0.15, -0.1) is 0 Å². The highest BCUT2D eigenvalue weighted by molar-refractivity contribution is 6.30. The Kier molecular flexibility index (Phi) is 5.52. The average Bonchev–Trinajstić information content (AvgIpc) is 2.52. The lowest BCUT2D eigenvalue weighted by atomic mass is 10.1. The molecule has 2 rings (SSSR count). The predicted molar refractivity (Wildman–Crippen MR) is 85.0 cm³/mol. The van der Waals surface area contributed by atoms with Crippen LogP contribution in [0.5, 0.6) is 5.75 Å². The van der Waals surface area contributed by atoms with Gasteiger partial charge in [0.15, 0.2) is 6.10 Å². The topological polar surface area (TPSA) is 70.9 Å². The Morgan fingerprint density at radius 1 is 1.32 bits per heavy atom. The summed E-state index contributed by atoms with van der Waals surface area (Å²) in [5.41, 5.74) is 3.51. The minimum atomic E-state index is -0.758. The largest absolute Gasteiger partial charge is 0.507 e. The second-order valence-electron chi connectivity index (χ2n) is 4.46. The first-order valence-electron chi connectivity index (χ1n) is 6.51. The van der Waals surface area contributed by atoms with Gasteiger partial charge in [-0.25, -0.2) is 5.43 Å². The van der Waals surface area contributed by atoms with Crippen molar-refractivity contribution < 1.29 is 14.6 Å². The Hall–Kier alpha value is -2.37. The summed E-state index contributed by atoms with van der Waals surface area (Å²) in [6.45, 7) is 0. The Labute approximate surface area is 133 Å². The van der Waals surface area contributed by atoms with Crippen molar-refractivity contribution in [2.45, 2.75) is 6.10 Å². The molecule has 0 saturated heterocycles. The SMILES string of the molecule is CO[C@H](C(=O)N/N=C\c1cc(Cl)ccc1O)c1ccccc1. The highest BCUT2D eigenvalue weighted by Gasteiger charge is 2.19. The Morgan fingerprint density at radius 2 is 2.05 bits per heavy atom. The first-order valence-corrected chi connectivity index (χ1v) is 6.89. The number of phenols is 1. The van der Waals surface area contributed by atoms with E-state index in [0.29, 0.717) is 10.6 Å². The van der Waals surface area contributed by atoms with E-state index in [0.717, 1.165) is 5.56 Å². The fourth-order valence-corrected chi connectivity index (χ4v) is 2.06. The summed E-state index contributed by atoms with van der Waals surface area (Å²) in [4.78, 5) is 12.1. The maximum atomic E-state index is 12.1. The molecular weight excluding hydrogens is 304 g/mol. The first-order chi connectivity index (χ1) is 10.6. The molecule has 0 heterocycles. The number of carbonyl (C=O) groups excluding carboxylic acids is 1. The van der Waals surface area contributed by atoms with E-state index in [2.05, 4.69) is 10.5 Å². The molecule has 0 bridgehead atoms. The van der Waals surface area contributed by atoms with Gasteiger partial charge in [0.05, 0.1) is 6.21 Å². The number of carbonyl (C=O) groups is 1. The van der Waals surface area contributed by atoms with Crippen molar-refractivity contribution >= 4 is 23.7 Å². The Balaban J connectivity index is 2.05. The smallest absolute Gasteiger partial charge is 0.273 e. The van der Waals surface area contributed by atoms with Crippen molar-refractivity contribution in [1.82, 2.24) is 5.43 Å². The molecule has 5 nitrogen and oxygen atoms in total. The fraction of sp³-hybridized carbons (Fsp3) is 0.125. The molecule has 1 amide bonds. The number of hydrogen-bond acceptors (Lipinski definition) is 4. The van der Waals surface area contributed by atoms with Crippen molar-refractivity contribution in [3.63, 3.8) is 0 Å². The van der Waals surface area contributed by atoms with E-state index in [1.165, 1.54) is 25.5 Å². The molecule has 2 N–H and O–H groups in total. The van der Waals surface area contributed by atoms with Gasteiger partial charge in [0.25, 0.3) is 5.91 Å². The van der Waals surface area contributed by atoms with Crippen LogP contribution in [0.15, 0.2) is 53.6 Å². The summed E-state index contributed by atoms with van der Waals surface area (Å²) in [5.74, 6) is -0.389.